The number of nitrogens with one attached hydrogen (secondary N) is 1. The molecule has 0 spiro atoms. The maximum absolute atomic E-state index is 12.2. The van der Waals surface area contributed by atoms with Gasteiger partial charge in [0.05, 0.1) is 6.42 Å². The quantitative estimate of drug-likeness (QED) is 0.861. The molecule has 1 amide bonds. The molecule has 1 aliphatic carbocycles. The molecule has 0 aliphatic heterocycles. The van der Waals surface area contributed by atoms with E-state index in [-0.39, 0.29) is 5.91 Å². The van der Waals surface area contributed by atoms with Crippen molar-refractivity contribution >= 4 is 23.5 Å². The summed E-state index contributed by atoms with van der Waals surface area (Å²) in [6, 6.07) is 8.17. The Bertz CT molecular complexity index is 670. The van der Waals surface area contributed by atoms with Crippen LogP contribution in [0.1, 0.15) is 30.2 Å². The first-order chi connectivity index (χ1) is 10.8. The van der Waals surface area contributed by atoms with Crippen LogP contribution in [0.3, 0.4) is 0 Å². The lowest BCUT2D eigenvalue weighted by Crippen LogP contribution is -2.17. The summed E-state index contributed by atoms with van der Waals surface area (Å²) in [7, 11) is 0. The van der Waals surface area contributed by atoms with Crippen LogP contribution in [-0.2, 0) is 24.1 Å². The number of anilines is 1. The summed E-state index contributed by atoms with van der Waals surface area (Å²) in [5.41, 5.74) is 3.19. The van der Waals surface area contributed by atoms with Gasteiger partial charge in [-0.15, -0.1) is 11.8 Å². The van der Waals surface area contributed by atoms with Gasteiger partial charge in [0.1, 0.15) is 12.1 Å². The molecule has 0 radical (unpaired) electrons. The number of thioether (sulfide) groups is 1. The van der Waals surface area contributed by atoms with Crippen LogP contribution in [0.25, 0.3) is 0 Å². The highest BCUT2D eigenvalue weighted by Crippen LogP contribution is 2.25. The molecule has 0 bridgehead atoms. The van der Waals surface area contributed by atoms with Crippen molar-refractivity contribution in [2.24, 2.45) is 0 Å². The number of hydrogen-bond acceptors (Lipinski definition) is 4. The number of hydrogen-bond donors (Lipinski definition) is 1. The normalized spacial score (nSPS) is 13.0. The molecule has 1 N–H and O–H groups in total. The highest BCUT2D eigenvalue weighted by molar-refractivity contribution is 7.99. The Morgan fingerprint density at radius 1 is 1.23 bits per heavy atom. The van der Waals surface area contributed by atoms with Gasteiger partial charge in [-0.2, -0.15) is 0 Å². The predicted molar refractivity (Wildman–Crippen MR) is 89.2 cm³/mol. The Morgan fingerprint density at radius 3 is 2.82 bits per heavy atom. The Kier molecular flexibility index (Phi) is 4.73. The van der Waals surface area contributed by atoms with E-state index >= 15 is 0 Å². The van der Waals surface area contributed by atoms with Crippen LogP contribution < -0.4 is 5.32 Å². The standard InChI is InChI=1S/C17H19N3OS/c1-2-22-13-8-6-12(7-9-13)10-16(21)20-17-14-4-3-5-15(14)18-11-19-17/h6-9,11H,2-5,10H2,1H3,(H,18,19,20,21). The first-order valence-corrected chi connectivity index (χ1v) is 8.59. The van der Waals surface area contributed by atoms with Gasteiger partial charge in [-0.1, -0.05) is 19.1 Å². The monoisotopic (exact) mass is 313 g/mol. The molecule has 1 aromatic carbocycles. The van der Waals surface area contributed by atoms with E-state index < -0.39 is 0 Å². The lowest BCUT2D eigenvalue weighted by molar-refractivity contribution is -0.115. The molecule has 0 unspecified atom stereocenters. The Morgan fingerprint density at radius 2 is 2.05 bits per heavy atom. The van der Waals surface area contributed by atoms with Crippen LogP contribution in [0.5, 0.6) is 0 Å². The Labute approximate surface area is 134 Å². The molecule has 2 aromatic rings. The van der Waals surface area contributed by atoms with Crippen LogP contribution in [0.15, 0.2) is 35.5 Å². The maximum atomic E-state index is 12.2. The number of carbonyl (C=O) groups excluding carboxylic acids is 1. The lowest BCUT2D eigenvalue weighted by atomic mass is 10.1. The third-order valence-electron chi connectivity index (χ3n) is 3.73. The number of amides is 1. The molecular weight excluding hydrogens is 294 g/mol. The number of aryl methyl sites for hydroxylation is 1. The van der Waals surface area contributed by atoms with Gasteiger partial charge < -0.3 is 5.32 Å². The van der Waals surface area contributed by atoms with Gasteiger partial charge in [-0.3, -0.25) is 4.79 Å². The number of rotatable bonds is 5. The zero-order valence-corrected chi connectivity index (χ0v) is 13.4. The van der Waals surface area contributed by atoms with Crippen molar-refractivity contribution in [2.75, 3.05) is 11.1 Å². The summed E-state index contributed by atoms with van der Waals surface area (Å²) in [6.45, 7) is 2.13. The zero-order valence-electron chi connectivity index (χ0n) is 12.6. The van der Waals surface area contributed by atoms with Gasteiger partial charge >= 0.3 is 0 Å². The third kappa shape index (κ3) is 3.47. The highest BCUT2D eigenvalue weighted by atomic mass is 32.2. The van der Waals surface area contributed by atoms with Crippen molar-refractivity contribution in [2.45, 2.75) is 37.5 Å². The number of aromatic nitrogens is 2. The first kappa shape index (κ1) is 15.0. The summed E-state index contributed by atoms with van der Waals surface area (Å²) < 4.78 is 0. The predicted octanol–water partition coefficient (Wildman–Crippen LogP) is 3.26. The van der Waals surface area contributed by atoms with Crippen LogP contribution in [0, 0.1) is 0 Å². The van der Waals surface area contributed by atoms with E-state index in [1.807, 2.05) is 12.1 Å². The molecule has 22 heavy (non-hydrogen) atoms. The summed E-state index contributed by atoms with van der Waals surface area (Å²) in [5.74, 6) is 1.72. The molecule has 0 saturated heterocycles. The van der Waals surface area contributed by atoms with Gasteiger partial charge in [0.15, 0.2) is 0 Å². The molecule has 3 rings (SSSR count). The molecule has 1 aliphatic rings. The fraction of sp³-hybridized carbons (Fsp3) is 0.353. The summed E-state index contributed by atoms with van der Waals surface area (Å²) in [5, 5.41) is 2.94. The van der Waals surface area contributed by atoms with Crippen molar-refractivity contribution in [3.05, 3.63) is 47.4 Å². The van der Waals surface area contributed by atoms with Crippen molar-refractivity contribution in [1.29, 1.82) is 0 Å². The molecule has 5 heteroatoms. The fourth-order valence-electron chi connectivity index (χ4n) is 2.70. The largest absolute Gasteiger partial charge is 0.310 e. The van der Waals surface area contributed by atoms with Crippen LogP contribution in [0.4, 0.5) is 5.82 Å². The average molecular weight is 313 g/mol. The second-order valence-corrected chi connectivity index (χ2v) is 6.64. The van der Waals surface area contributed by atoms with Crippen LogP contribution in [-0.4, -0.2) is 21.6 Å². The second-order valence-electron chi connectivity index (χ2n) is 5.30. The van der Waals surface area contributed by atoms with E-state index in [0.717, 1.165) is 41.8 Å². The molecule has 1 aromatic heterocycles. The van der Waals surface area contributed by atoms with Gasteiger partial charge in [-0.25, -0.2) is 9.97 Å². The molecule has 114 valence electrons. The molecule has 4 nitrogen and oxygen atoms in total. The van der Waals surface area contributed by atoms with Crippen LogP contribution in [0.2, 0.25) is 0 Å². The minimum absolute atomic E-state index is 0.0244. The van der Waals surface area contributed by atoms with Crippen molar-refractivity contribution < 1.29 is 4.79 Å². The van der Waals surface area contributed by atoms with E-state index in [1.54, 1.807) is 11.8 Å². The lowest BCUT2D eigenvalue weighted by Gasteiger charge is -2.08. The van der Waals surface area contributed by atoms with Crippen molar-refractivity contribution in [1.82, 2.24) is 9.97 Å². The van der Waals surface area contributed by atoms with E-state index in [2.05, 4.69) is 34.3 Å². The zero-order chi connectivity index (χ0) is 15.4. The number of benzene rings is 1. The molecule has 0 atom stereocenters. The molecule has 1 heterocycles. The van der Waals surface area contributed by atoms with E-state index in [0.29, 0.717) is 12.2 Å². The number of carbonyl (C=O) groups is 1. The SMILES string of the molecule is CCSc1ccc(CC(=O)Nc2ncnc3c2CCC3)cc1. The minimum Gasteiger partial charge on any atom is -0.310 e. The topological polar surface area (TPSA) is 54.9 Å². The fourth-order valence-corrected chi connectivity index (χ4v) is 3.36. The molecule has 0 saturated carbocycles. The smallest absolute Gasteiger partial charge is 0.229 e. The van der Waals surface area contributed by atoms with Gasteiger partial charge in [0.2, 0.25) is 5.91 Å². The second kappa shape index (κ2) is 6.92. The van der Waals surface area contributed by atoms with E-state index in [4.69, 9.17) is 0 Å². The number of fused-ring (bicyclic) bond motifs is 1. The first-order valence-electron chi connectivity index (χ1n) is 7.60. The van der Waals surface area contributed by atoms with E-state index in [1.165, 1.54) is 11.2 Å². The van der Waals surface area contributed by atoms with Gasteiger partial charge in [0.25, 0.3) is 0 Å². The number of nitrogens with zero attached hydrogens (tertiary/aromatic N) is 2. The third-order valence-corrected chi connectivity index (χ3v) is 4.63. The van der Waals surface area contributed by atoms with Gasteiger partial charge in [0, 0.05) is 16.2 Å². The molecule has 0 fully saturated rings. The van der Waals surface area contributed by atoms with Crippen molar-refractivity contribution in [3.63, 3.8) is 0 Å². The minimum atomic E-state index is -0.0244. The summed E-state index contributed by atoms with van der Waals surface area (Å²) >= 11 is 1.80. The van der Waals surface area contributed by atoms with Crippen molar-refractivity contribution in [3.8, 4) is 0 Å². The Hall–Kier alpha value is -1.88. The highest BCUT2D eigenvalue weighted by Gasteiger charge is 2.18. The van der Waals surface area contributed by atoms with Crippen LogP contribution >= 0.6 is 11.8 Å². The maximum Gasteiger partial charge on any atom is 0.229 e. The molecular formula is C17H19N3OS. The summed E-state index contributed by atoms with van der Waals surface area (Å²) in [6.07, 6.45) is 4.94. The summed E-state index contributed by atoms with van der Waals surface area (Å²) in [4.78, 5) is 21.9. The Balaban J connectivity index is 1.64. The average Bonchev–Trinajstić information content (AvgIpc) is 2.99. The van der Waals surface area contributed by atoms with Gasteiger partial charge in [-0.05, 0) is 42.7 Å². The van der Waals surface area contributed by atoms with E-state index in [9.17, 15) is 4.79 Å².